The lowest BCUT2D eigenvalue weighted by atomic mass is 10.2. The fraction of sp³-hybridized carbons (Fsp3) is 0.471. The minimum absolute atomic E-state index is 1.32. The summed E-state index contributed by atoms with van der Waals surface area (Å²) >= 11 is 0. The Hall–Kier alpha value is -2.34. The molecular formula is C34H64. The van der Waals surface area contributed by atoms with E-state index in [4.69, 9.17) is 0 Å². The summed E-state index contributed by atoms with van der Waals surface area (Å²) in [6.45, 7) is 32.2. The topological polar surface area (TPSA) is 0 Å². The zero-order chi connectivity index (χ0) is 28.5. The number of hydrogen-bond acceptors (Lipinski definition) is 0. The summed E-state index contributed by atoms with van der Waals surface area (Å²) in [6, 6.07) is 32.5. The summed E-state index contributed by atoms with van der Waals surface area (Å²) in [5.41, 5.74) is 2.64. The molecule has 34 heavy (non-hydrogen) atoms. The van der Waals surface area contributed by atoms with Crippen molar-refractivity contribution in [2.75, 3.05) is 0 Å². The molecule has 3 aromatic carbocycles. The van der Waals surface area contributed by atoms with Crippen molar-refractivity contribution in [3.8, 4) is 0 Å². The van der Waals surface area contributed by atoms with Gasteiger partial charge in [-0.2, -0.15) is 0 Å². The highest BCUT2D eigenvalue weighted by Crippen LogP contribution is 1.92. The molecule has 0 heterocycles. The van der Waals surface area contributed by atoms with Crippen LogP contribution < -0.4 is 0 Å². The fourth-order valence-corrected chi connectivity index (χ4v) is 1.45. The Morgan fingerprint density at radius 3 is 0.441 bits per heavy atom. The van der Waals surface area contributed by atoms with Crippen LogP contribution in [0, 0.1) is 13.8 Å². The molecule has 0 saturated heterocycles. The summed E-state index contributed by atoms with van der Waals surface area (Å²) in [7, 11) is 0. The molecule has 0 amide bonds. The van der Waals surface area contributed by atoms with Crippen molar-refractivity contribution in [3.63, 3.8) is 0 Å². The first-order valence-electron chi connectivity index (χ1n) is 13.8. The molecule has 0 aromatic heterocycles. The zero-order valence-corrected chi connectivity index (χ0v) is 26.2. The monoisotopic (exact) mass is 473 g/mol. The van der Waals surface area contributed by atoms with Crippen LogP contribution in [0.5, 0.6) is 0 Å². The Morgan fingerprint density at radius 2 is 0.353 bits per heavy atom. The first kappa shape index (κ1) is 48.9. The van der Waals surface area contributed by atoms with E-state index < -0.39 is 0 Å². The van der Waals surface area contributed by atoms with Gasteiger partial charge >= 0.3 is 0 Å². The van der Waals surface area contributed by atoms with Gasteiger partial charge in [-0.1, -0.05) is 205 Å². The van der Waals surface area contributed by atoms with Crippen molar-refractivity contribution in [2.45, 2.75) is 111 Å². The molecule has 0 fully saturated rings. The molecule has 200 valence electrons. The Kier molecular flexibility index (Phi) is 100. The Labute approximate surface area is 218 Å². The largest absolute Gasteiger partial charge is 0.0683 e. The molecule has 0 heteroatoms. The molecule has 3 rings (SSSR count). The maximum atomic E-state index is 2.08. The molecule has 0 atom stereocenters. The van der Waals surface area contributed by atoms with Crippen LogP contribution >= 0.6 is 0 Å². The van der Waals surface area contributed by atoms with E-state index >= 15 is 0 Å². The third kappa shape index (κ3) is 63.0. The molecule has 0 aliphatic carbocycles. The van der Waals surface area contributed by atoms with Crippen LogP contribution in [0.3, 0.4) is 0 Å². The number of benzene rings is 3. The van der Waals surface area contributed by atoms with Gasteiger partial charge in [-0.3, -0.25) is 0 Å². The molecule has 0 saturated carbocycles. The molecule has 0 aliphatic rings. The van der Waals surface area contributed by atoms with E-state index in [0.717, 1.165) is 0 Å². The van der Waals surface area contributed by atoms with Crippen LogP contribution in [0.25, 0.3) is 0 Å². The van der Waals surface area contributed by atoms with Crippen LogP contribution in [-0.4, -0.2) is 0 Å². The van der Waals surface area contributed by atoms with Crippen molar-refractivity contribution in [1.82, 2.24) is 0 Å². The molecule has 0 unspecified atom stereocenters. The SMILES string of the molecule is CC.CC.CC.CC.CC.CC.CC.Cc1ccccc1.Cc1ccccc1.c1ccccc1. The second-order valence-electron chi connectivity index (χ2n) is 4.46. The van der Waals surface area contributed by atoms with E-state index in [1.165, 1.54) is 11.1 Å². The predicted octanol–water partition coefficient (Wildman–Crippen LogP) is 12.9. The van der Waals surface area contributed by atoms with Gasteiger partial charge in [0.2, 0.25) is 0 Å². The standard InChI is InChI=1S/2C7H8.C6H6.7C2H6/c2*1-7-5-3-2-4-6-7;1-2-4-6-5-3-1;7*1-2/h2*2-6H,1H3;1-6H;7*1-2H3. The number of rotatable bonds is 0. The summed E-state index contributed by atoms with van der Waals surface area (Å²) in [6.07, 6.45) is 0. The normalized spacial score (nSPS) is 6.24. The van der Waals surface area contributed by atoms with E-state index in [-0.39, 0.29) is 0 Å². The third-order valence-electron chi connectivity index (χ3n) is 2.55. The first-order chi connectivity index (χ1) is 16.8. The van der Waals surface area contributed by atoms with Gasteiger partial charge in [0, 0.05) is 0 Å². The lowest BCUT2D eigenvalue weighted by molar-refractivity contribution is 1.48. The second-order valence-corrected chi connectivity index (χ2v) is 4.46. The molecular weight excluding hydrogens is 408 g/mol. The van der Waals surface area contributed by atoms with E-state index in [1.807, 2.05) is 170 Å². The lowest BCUT2D eigenvalue weighted by Crippen LogP contribution is -1.62. The minimum Gasteiger partial charge on any atom is -0.0683 e. The van der Waals surface area contributed by atoms with E-state index in [9.17, 15) is 0 Å². The maximum absolute atomic E-state index is 2.08. The van der Waals surface area contributed by atoms with Gasteiger partial charge in [0.05, 0.1) is 0 Å². The van der Waals surface area contributed by atoms with Gasteiger partial charge in [-0.15, -0.1) is 0 Å². The predicted molar refractivity (Wildman–Crippen MR) is 168 cm³/mol. The van der Waals surface area contributed by atoms with Gasteiger partial charge < -0.3 is 0 Å². The van der Waals surface area contributed by atoms with Gasteiger partial charge in [-0.05, 0) is 13.8 Å². The van der Waals surface area contributed by atoms with Crippen LogP contribution in [0.15, 0.2) is 97.1 Å². The second kappa shape index (κ2) is 69.8. The number of aryl methyl sites for hydroxylation is 2. The fourth-order valence-electron chi connectivity index (χ4n) is 1.45. The Balaban J connectivity index is -0.0000000514. The summed E-state index contributed by atoms with van der Waals surface area (Å²) in [5.74, 6) is 0. The zero-order valence-electron chi connectivity index (χ0n) is 26.2. The Bertz CT molecular complexity index is 463. The van der Waals surface area contributed by atoms with E-state index in [1.54, 1.807) is 0 Å². The summed E-state index contributed by atoms with van der Waals surface area (Å²) in [4.78, 5) is 0. The molecule has 0 spiro atoms. The maximum Gasteiger partial charge on any atom is -0.0398 e. The van der Waals surface area contributed by atoms with Crippen molar-refractivity contribution in [1.29, 1.82) is 0 Å². The highest BCUT2D eigenvalue weighted by atomic mass is 13.8. The minimum atomic E-state index is 1.32. The average Bonchev–Trinajstić information content (AvgIpc) is 2.99. The number of hydrogen-bond donors (Lipinski definition) is 0. The Morgan fingerprint density at radius 1 is 0.235 bits per heavy atom. The van der Waals surface area contributed by atoms with Crippen molar-refractivity contribution < 1.29 is 0 Å². The van der Waals surface area contributed by atoms with Gasteiger partial charge in [0.15, 0.2) is 0 Å². The van der Waals surface area contributed by atoms with Crippen LogP contribution in [0.2, 0.25) is 0 Å². The highest BCUT2D eigenvalue weighted by Gasteiger charge is 1.72. The van der Waals surface area contributed by atoms with Crippen molar-refractivity contribution in [3.05, 3.63) is 108 Å². The molecule has 0 N–H and O–H groups in total. The molecule has 0 radical (unpaired) electrons. The summed E-state index contributed by atoms with van der Waals surface area (Å²) < 4.78 is 0. The van der Waals surface area contributed by atoms with E-state index in [0.29, 0.717) is 0 Å². The van der Waals surface area contributed by atoms with Gasteiger partial charge in [-0.25, -0.2) is 0 Å². The quantitative estimate of drug-likeness (QED) is 0.305. The third-order valence-corrected chi connectivity index (χ3v) is 2.55. The molecule has 3 aromatic rings. The van der Waals surface area contributed by atoms with Crippen molar-refractivity contribution >= 4 is 0 Å². The van der Waals surface area contributed by atoms with Gasteiger partial charge in [0.25, 0.3) is 0 Å². The van der Waals surface area contributed by atoms with E-state index in [2.05, 4.69) is 38.1 Å². The van der Waals surface area contributed by atoms with Crippen LogP contribution in [0.4, 0.5) is 0 Å². The first-order valence-corrected chi connectivity index (χ1v) is 13.8. The molecule has 0 bridgehead atoms. The van der Waals surface area contributed by atoms with Crippen molar-refractivity contribution in [2.24, 2.45) is 0 Å². The average molecular weight is 473 g/mol. The summed E-state index contributed by atoms with van der Waals surface area (Å²) in [5, 5.41) is 0. The van der Waals surface area contributed by atoms with Crippen LogP contribution in [0.1, 0.15) is 108 Å². The highest BCUT2D eigenvalue weighted by molar-refractivity contribution is 5.12. The smallest absolute Gasteiger partial charge is 0.0398 e. The van der Waals surface area contributed by atoms with Crippen LogP contribution in [-0.2, 0) is 0 Å². The lowest BCUT2D eigenvalue weighted by Gasteiger charge is -1.82. The van der Waals surface area contributed by atoms with Gasteiger partial charge in [0.1, 0.15) is 0 Å². The molecule has 0 nitrogen and oxygen atoms in total. The molecule has 0 aliphatic heterocycles.